The molecular formula is C12H21N3O2S. The zero-order valence-corrected chi connectivity index (χ0v) is 11.6. The normalized spacial score (nSPS) is 24.3. The lowest BCUT2D eigenvalue weighted by atomic mass is 9.97. The molecule has 1 aromatic heterocycles. The van der Waals surface area contributed by atoms with E-state index in [0.29, 0.717) is 0 Å². The number of thioether (sulfide) groups is 1. The van der Waals surface area contributed by atoms with Gasteiger partial charge in [0, 0.05) is 25.5 Å². The van der Waals surface area contributed by atoms with Crippen LogP contribution in [0, 0.1) is 0 Å². The number of aryl methyl sites for hydroxylation is 1. The van der Waals surface area contributed by atoms with Crippen molar-refractivity contribution in [3.8, 4) is 0 Å². The van der Waals surface area contributed by atoms with Gasteiger partial charge in [-0.2, -0.15) is 0 Å². The molecule has 1 aliphatic rings. The van der Waals surface area contributed by atoms with Crippen LogP contribution in [0.1, 0.15) is 32.1 Å². The van der Waals surface area contributed by atoms with Crippen molar-refractivity contribution < 1.29 is 9.84 Å². The van der Waals surface area contributed by atoms with Gasteiger partial charge in [-0.3, -0.25) is 0 Å². The van der Waals surface area contributed by atoms with Gasteiger partial charge in [0.05, 0.1) is 6.10 Å². The van der Waals surface area contributed by atoms with Gasteiger partial charge in [0.15, 0.2) is 5.16 Å². The fourth-order valence-electron chi connectivity index (χ4n) is 2.22. The topological polar surface area (TPSA) is 60.2 Å². The van der Waals surface area contributed by atoms with E-state index in [1.54, 1.807) is 25.2 Å². The van der Waals surface area contributed by atoms with Crippen LogP contribution in [0.25, 0.3) is 0 Å². The van der Waals surface area contributed by atoms with E-state index in [2.05, 4.69) is 10.2 Å². The third-order valence-corrected chi connectivity index (χ3v) is 4.63. The Morgan fingerprint density at radius 2 is 2.33 bits per heavy atom. The van der Waals surface area contributed by atoms with E-state index in [1.807, 2.05) is 4.57 Å². The maximum atomic E-state index is 9.97. The molecule has 1 heterocycles. The smallest absolute Gasteiger partial charge is 0.191 e. The van der Waals surface area contributed by atoms with Crippen LogP contribution in [0.5, 0.6) is 0 Å². The second-order valence-electron chi connectivity index (χ2n) is 4.66. The molecule has 0 saturated heterocycles. The van der Waals surface area contributed by atoms with Gasteiger partial charge in [-0.25, -0.2) is 0 Å². The Morgan fingerprint density at radius 1 is 1.50 bits per heavy atom. The van der Waals surface area contributed by atoms with Gasteiger partial charge in [0.25, 0.3) is 0 Å². The van der Waals surface area contributed by atoms with E-state index >= 15 is 0 Å². The molecule has 18 heavy (non-hydrogen) atoms. The highest BCUT2D eigenvalue weighted by Gasteiger charge is 2.25. The van der Waals surface area contributed by atoms with Crippen molar-refractivity contribution in [3.05, 3.63) is 6.33 Å². The first kappa shape index (κ1) is 13.8. The Bertz CT molecular complexity index is 359. The first-order valence-corrected chi connectivity index (χ1v) is 7.40. The number of rotatable bonds is 6. The van der Waals surface area contributed by atoms with Crippen LogP contribution in [0.2, 0.25) is 0 Å². The highest BCUT2D eigenvalue weighted by molar-refractivity contribution is 7.99. The van der Waals surface area contributed by atoms with E-state index in [4.69, 9.17) is 4.74 Å². The summed E-state index contributed by atoms with van der Waals surface area (Å²) in [5, 5.41) is 19.3. The van der Waals surface area contributed by atoms with Gasteiger partial charge in [0.1, 0.15) is 6.33 Å². The minimum Gasteiger partial charge on any atom is -0.392 e. The molecular weight excluding hydrogens is 250 g/mol. The number of methoxy groups -OCH3 is 1. The third kappa shape index (κ3) is 3.70. The summed E-state index contributed by atoms with van der Waals surface area (Å²) in [6.45, 7) is 1.61. The number of hydrogen-bond acceptors (Lipinski definition) is 5. The third-order valence-electron chi connectivity index (χ3n) is 3.25. The molecule has 6 heteroatoms. The number of aliphatic hydroxyl groups is 1. The van der Waals surface area contributed by atoms with Crippen molar-refractivity contribution in [2.24, 2.45) is 0 Å². The van der Waals surface area contributed by atoms with E-state index in [1.165, 1.54) is 6.42 Å². The van der Waals surface area contributed by atoms with Crippen LogP contribution in [0.4, 0.5) is 0 Å². The fraction of sp³-hybridized carbons (Fsp3) is 0.833. The average molecular weight is 271 g/mol. The molecule has 2 atom stereocenters. The van der Waals surface area contributed by atoms with E-state index in [-0.39, 0.29) is 11.4 Å². The number of aliphatic hydroxyl groups excluding tert-OH is 1. The molecule has 0 amide bonds. The Labute approximate surface area is 112 Å². The van der Waals surface area contributed by atoms with E-state index < -0.39 is 0 Å². The fourth-order valence-corrected chi connectivity index (χ4v) is 3.43. The molecule has 102 valence electrons. The van der Waals surface area contributed by atoms with Crippen molar-refractivity contribution in [2.45, 2.75) is 55.2 Å². The Morgan fingerprint density at radius 3 is 3.11 bits per heavy atom. The molecule has 0 aromatic carbocycles. The molecule has 1 aromatic rings. The number of ether oxygens (including phenoxy) is 1. The maximum absolute atomic E-state index is 9.97. The monoisotopic (exact) mass is 271 g/mol. The minimum atomic E-state index is -0.201. The van der Waals surface area contributed by atoms with Gasteiger partial charge in [-0.15, -0.1) is 10.2 Å². The zero-order chi connectivity index (χ0) is 12.8. The largest absolute Gasteiger partial charge is 0.392 e. The van der Waals surface area contributed by atoms with Crippen molar-refractivity contribution in [2.75, 3.05) is 13.7 Å². The minimum absolute atomic E-state index is 0.201. The van der Waals surface area contributed by atoms with Gasteiger partial charge < -0.3 is 14.4 Å². The van der Waals surface area contributed by atoms with Crippen LogP contribution in [0.15, 0.2) is 11.5 Å². The van der Waals surface area contributed by atoms with Crippen molar-refractivity contribution in [1.29, 1.82) is 0 Å². The highest BCUT2D eigenvalue weighted by atomic mass is 32.2. The number of hydrogen-bond donors (Lipinski definition) is 1. The van der Waals surface area contributed by atoms with Crippen molar-refractivity contribution >= 4 is 11.8 Å². The first-order valence-electron chi connectivity index (χ1n) is 6.52. The Balaban J connectivity index is 1.90. The Kier molecular flexibility index (Phi) is 5.46. The first-order chi connectivity index (χ1) is 8.81. The molecule has 1 aliphatic carbocycles. The van der Waals surface area contributed by atoms with Crippen LogP contribution in [0.3, 0.4) is 0 Å². The average Bonchev–Trinajstić information content (AvgIpc) is 2.80. The maximum Gasteiger partial charge on any atom is 0.191 e. The summed E-state index contributed by atoms with van der Waals surface area (Å²) in [7, 11) is 1.71. The molecule has 2 rings (SSSR count). The van der Waals surface area contributed by atoms with Crippen molar-refractivity contribution in [3.63, 3.8) is 0 Å². The van der Waals surface area contributed by atoms with Crippen molar-refractivity contribution in [1.82, 2.24) is 14.8 Å². The predicted molar refractivity (Wildman–Crippen MR) is 70.6 cm³/mol. The molecule has 0 bridgehead atoms. The van der Waals surface area contributed by atoms with E-state index in [0.717, 1.165) is 44.0 Å². The summed E-state index contributed by atoms with van der Waals surface area (Å²) in [4.78, 5) is 0. The number of nitrogens with zero attached hydrogens (tertiary/aromatic N) is 3. The van der Waals surface area contributed by atoms with Crippen LogP contribution >= 0.6 is 11.8 Å². The second kappa shape index (κ2) is 7.11. The summed E-state index contributed by atoms with van der Waals surface area (Å²) < 4.78 is 7.09. The van der Waals surface area contributed by atoms with E-state index in [9.17, 15) is 5.11 Å². The predicted octanol–water partition coefficient (Wildman–Crippen LogP) is 1.71. The highest BCUT2D eigenvalue weighted by Crippen LogP contribution is 2.32. The lowest BCUT2D eigenvalue weighted by Crippen LogP contribution is -2.27. The standard InChI is InChI=1S/C12H21N3O2S/c1-17-8-4-7-15-9-13-14-12(15)18-11-6-3-2-5-10(11)16/h9-11,16H,2-8H2,1H3. The number of aromatic nitrogens is 3. The molecule has 1 N–H and O–H groups in total. The zero-order valence-electron chi connectivity index (χ0n) is 10.8. The molecule has 1 saturated carbocycles. The van der Waals surface area contributed by atoms with Crippen LogP contribution in [-0.4, -0.2) is 44.9 Å². The molecule has 0 radical (unpaired) electrons. The van der Waals surface area contributed by atoms with Crippen LogP contribution in [-0.2, 0) is 11.3 Å². The summed E-state index contributed by atoms with van der Waals surface area (Å²) in [6.07, 6.45) is 6.83. The quantitative estimate of drug-likeness (QED) is 0.798. The molecule has 0 spiro atoms. The molecule has 1 fully saturated rings. The summed E-state index contributed by atoms with van der Waals surface area (Å²) in [5.74, 6) is 0. The lowest BCUT2D eigenvalue weighted by Gasteiger charge is -2.26. The second-order valence-corrected chi connectivity index (χ2v) is 5.87. The lowest BCUT2D eigenvalue weighted by molar-refractivity contribution is 0.136. The SMILES string of the molecule is COCCCn1cnnc1SC1CCCCC1O. The summed E-state index contributed by atoms with van der Waals surface area (Å²) >= 11 is 1.66. The summed E-state index contributed by atoms with van der Waals surface area (Å²) in [6, 6.07) is 0. The molecule has 2 unspecified atom stereocenters. The van der Waals surface area contributed by atoms with Crippen LogP contribution < -0.4 is 0 Å². The summed E-state index contributed by atoms with van der Waals surface area (Å²) in [5.41, 5.74) is 0. The Hall–Kier alpha value is -0.590. The molecule has 0 aliphatic heterocycles. The van der Waals surface area contributed by atoms with Gasteiger partial charge in [-0.1, -0.05) is 24.6 Å². The van der Waals surface area contributed by atoms with Gasteiger partial charge >= 0.3 is 0 Å². The van der Waals surface area contributed by atoms with Gasteiger partial charge in [-0.05, 0) is 19.3 Å². The van der Waals surface area contributed by atoms with Gasteiger partial charge in [0.2, 0.25) is 0 Å². The molecule has 5 nitrogen and oxygen atoms in total.